The zero-order valence-corrected chi connectivity index (χ0v) is 18.5. The highest BCUT2D eigenvalue weighted by atomic mass is 16.5. The number of nitrogens with one attached hydrogen (secondary N) is 2. The summed E-state index contributed by atoms with van der Waals surface area (Å²) < 4.78 is 10.6. The molecule has 2 aromatic heterocycles. The highest BCUT2D eigenvalue weighted by molar-refractivity contribution is 6.08. The van der Waals surface area contributed by atoms with Crippen LogP contribution in [-0.4, -0.2) is 53.5 Å². The van der Waals surface area contributed by atoms with Crippen LogP contribution in [0, 0.1) is 0 Å². The van der Waals surface area contributed by atoms with Crippen molar-refractivity contribution in [1.82, 2.24) is 25.5 Å². The Labute approximate surface area is 194 Å². The van der Waals surface area contributed by atoms with Crippen molar-refractivity contribution >= 4 is 17.8 Å². The second-order valence-corrected chi connectivity index (χ2v) is 8.01. The molecule has 0 radical (unpaired) electrons. The van der Waals surface area contributed by atoms with Crippen LogP contribution in [0.4, 0.5) is 4.79 Å². The maximum Gasteiger partial charge on any atom is 0.322 e. The van der Waals surface area contributed by atoms with Crippen LogP contribution in [0.15, 0.2) is 55.0 Å². The van der Waals surface area contributed by atoms with Crippen molar-refractivity contribution in [3.05, 3.63) is 71.7 Å². The van der Waals surface area contributed by atoms with Gasteiger partial charge in [0.1, 0.15) is 11.5 Å². The Balaban J connectivity index is 1.49. The summed E-state index contributed by atoms with van der Waals surface area (Å²) in [5.41, 5.74) is 1.57. The van der Waals surface area contributed by atoms with Crippen LogP contribution in [0.3, 0.4) is 0 Å². The van der Waals surface area contributed by atoms with Crippen LogP contribution in [0.1, 0.15) is 21.5 Å². The Hall–Kier alpha value is -4.47. The fourth-order valence-electron chi connectivity index (χ4n) is 4.34. The van der Waals surface area contributed by atoms with Crippen molar-refractivity contribution in [3.63, 3.8) is 0 Å². The lowest BCUT2D eigenvalue weighted by Gasteiger charge is -2.31. The topological polar surface area (TPSA) is 123 Å². The molecular weight excluding hydrogens is 438 g/mol. The van der Waals surface area contributed by atoms with Gasteiger partial charge in [0, 0.05) is 36.3 Å². The third-order valence-corrected chi connectivity index (χ3v) is 6.10. The van der Waals surface area contributed by atoms with E-state index in [-0.39, 0.29) is 12.5 Å². The fraction of sp³-hybridized carbons (Fsp3) is 0.208. The molecule has 1 fully saturated rings. The zero-order valence-electron chi connectivity index (χ0n) is 18.5. The number of benzene rings is 1. The average molecular weight is 459 g/mol. The van der Waals surface area contributed by atoms with Gasteiger partial charge in [-0.2, -0.15) is 0 Å². The van der Waals surface area contributed by atoms with Crippen molar-refractivity contribution < 1.29 is 23.9 Å². The largest absolute Gasteiger partial charge is 0.497 e. The van der Waals surface area contributed by atoms with Crippen molar-refractivity contribution in [1.29, 1.82) is 0 Å². The van der Waals surface area contributed by atoms with Gasteiger partial charge in [0.05, 0.1) is 32.0 Å². The third-order valence-electron chi connectivity index (χ3n) is 6.10. The van der Waals surface area contributed by atoms with E-state index < -0.39 is 17.5 Å². The average Bonchev–Trinajstić information content (AvgIpc) is 3.33. The van der Waals surface area contributed by atoms with E-state index >= 15 is 0 Å². The molecule has 34 heavy (non-hydrogen) atoms. The van der Waals surface area contributed by atoms with E-state index in [9.17, 15) is 14.4 Å². The molecule has 1 aromatic carbocycles. The van der Waals surface area contributed by atoms with Crippen LogP contribution in [0.2, 0.25) is 0 Å². The van der Waals surface area contributed by atoms with Gasteiger partial charge in [-0.1, -0.05) is 12.1 Å². The number of hydrogen-bond acceptors (Lipinski definition) is 7. The second kappa shape index (κ2) is 8.14. The van der Waals surface area contributed by atoms with E-state index in [1.165, 1.54) is 18.2 Å². The second-order valence-electron chi connectivity index (χ2n) is 8.01. The molecule has 0 spiro atoms. The lowest BCUT2D eigenvalue weighted by molar-refractivity contribution is -0.124. The van der Waals surface area contributed by atoms with Gasteiger partial charge in [0.2, 0.25) is 0 Å². The SMILES string of the molecule is COc1ccc2c(c1)C(=O)N(CC1(c3ccc(-c4cnccc4OC)nc3)NC(=O)NC1=O)C2. The predicted molar refractivity (Wildman–Crippen MR) is 120 cm³/mol. The van der Waals surface area contributed by atoms with Gasteiger partial charge in [-0.15, -0.1) is 0 Å². The van der Waals surface area contributed by atoms with Crippen LogP contribution in [0.25, 0.3) is 11.3 Å². The van der Waals surface area contributed by atoms with E-state index in [1.807, 2.05) is 6.07 Å². The van der Waals surface area contributed by atoms with Crippen LogP contribution >= 0.6 is 0 Å². The normalized spacial score (nSPS) is 19.0. The van der Waals surface area contributed by atoms with Crippen molar-refractivity contribution in [3.8, 4) is 22.8 Å². The molecule has 0 saturated carbocycles. The number of methoxy groups -OCH3 is 2. The Morgan fingerprint density at radius 1 is 1.03 bits per heavy atom. The molecule has 3 aromatic rings. The van der Waals surface area contributed by atoms with Gasteiger partial charge < -0.3 is 19.7 Å². The molecule has 0 bridgehead atoms. The van der Waals surface area contributed by atoms with E-state index in [0.717, 1.165) is 5.56 Å². The van der Waals surface area contributed by atoms with Crippen LogP contribution in [-0.2, 0) is 16.9 Å². The zero-order chi connectivity index (χ0) is 23.9. The number of imide groups is 1. The standard InChI is InChI=1S/C24H21N5O5/c1-33-16-5-3-14-12-29(21(30)17(14)9-16)13-24(22(31)27-23(32)28-24)15-4-6-19(26-10-15)18-11-25-8-7-20(18)34-2/h3-11H,12-13H2,1-2H3,(H2,27,28,31,32). The first-order valence-electron chi connectivity index (χ1n) is 10.5. The highest BCUT2D eigenvalue weighted by Crippen LogP contribution is 2.33. The quantitative estimate of drug-likeness (QED) is 0.540. The Kier molecular flexibility index (Phi) is 5.12. The summed E-state index contributed by atoms with van der Waals surface area (Å²) in [6.07, 6.45) is 4.77. The molecule has 4 amide bonds. The van der Waals surface area contributed by atoms with Crippen molar-refractivity contribution in [2.45, 2.75) is 12.1 Å². The maximum absolute atomic E-state index is 13.1. The first kappa shape index (κ1) is 21.4. The molecule has 0 aliphatic carbocycles. The molecule has 1 unspecified atom stereocenters. The number of nitrogens with zero attached hydrogens (tertiary/aromatic N) is 3. The number of carbonyl (C=O) groups excluding carboxylic acids is 3. The molecule has 10 nitrogen and oxygen atoms in total. The summed E-state index contributed by atoms with van der Waals surface area (Å²) in [6.45, 7) is 0.249. The molecule has 172 valence electrons. The predicted octanol–water partition coefficient (Wildman–Crippen LogP) is 1.85. The number of carbonyl (C=O) groups is 3. The fourth-order valence-corrected chi connectivity index (χ4v) is 4.34. The number of fused-ring (bicyclic) bond motifs is 1. The lowest BCUT2D eigenvalue weighted by atomic mass is 9.90. The smallest absolute Gasteiger partial charge is 0.322 e. The Bertz CT molecular complexity index is 1310. The van der Waals surface area contributed by atoms with Crippen molar-refractivity contribution in [2.24, 2.45) is 0 Å². The summed E-state index contributed by atoms with van der Waals surface area (Å²) >= 11 is 0. The highest BCUT2D eigenvalue weighted by Gasteiger charge is 2.50. The van der Waals surface area contributed by atoms with Gasteiger partial charge in [-0.25, -0.2) is 4.79 Å². The van der Waals surface area contributed by atoms with Crippen molar-refractivity contribution in [2.75, 3.05) is 20.8 Å². The molecule has 1 saturated heterocycles. The summed E-state index contributed by atoms with van der Waals surface area (Å²) in [6, 6.07) is 9.80. The van der Waals surface area contributed by atoms with Gasteiger partial charge in [0.15, 0.2) is 5.54 Å². The van der Waals surface area contributed by atoms with E-state index in [4.69, 9.17) is 9.47 Å². The first-order valence-corrected chi connectivity index (χ1v) is 10.5. The number of ether oxygens (including phenoxy) is 2. The molecule has 5 rings (SSSR count). The minimum absolute atomic E-state index is 0.0579. The minimum Gasteiger partial charge on any atom is -0.497 e. The molecule has 2 aliphatic rings. The van der Waals surface area contributed by atoms with E-state index in [1.54, 1.807) is 49.8 Å². The molecule has 1 atom stereocenters. The van der Waals surface area contributed by atoms with E-state index in [0.29, 0.717) is 40.4 Å². The summed E-state index contributed by atoms with van der Waals surface area (Å²) in [5, 5.41) is 5.01. The monoisotopic (exact) mass is 459 g/mol. The van der Waals surface area contributed by atoms with E-state index in [2.05, 4.69) is 20.6 Å². The number of rotatable bonds is 6. The Morgan fingerprint density at radius 3 is 2.56 bits per heavy atom. The van der Waals surface area contributed by atoms with Gasteiger partial charge in [0.25, 0.3) is 11.8 Å². The molecule has 2 aliphatic heterocycles. The number of aromatic nitrogens is 2. The summed E-state index contributed by atoms with van der Waals surface area (Å²) in [7, 11) is 3.09. The van der Waals surface area contributed by atoms with Gasteiger partial charge >= 0.3 is 6.03 Å². The minimum atomic E-state index is -1.48. The van der Waals surface area contributed by atoms with Crippen LogP contribution in [0.5, 0.6) is 11.5 Å². The molecule has 4 heterocycles. The number of hydrogen-bond donors (Lipinski definition) is 2. The third kappa shape index (κ3) is 3.40. The number of pyridine rings is 2. The number of amides is 4. The lowest BCUT2D eigenvalue weighted by Crippen LogP contribution is -2.52. The molecular formula is C24H21N5O5. The van der Waals surface area contributed by atoms with Gasteiger partial charge in [-0.05, 0) is 29.8 Å². The van der Waals surface area contributed by atoms with Crippen LogP contribution < -0.4 is 20.1 Å². The molecule has 2 N–H and O–H groups in total. The summed E-state index contributed by atoms with van der Waals surface area (Å²) in [5.74, 6) is 0.383. The molecule has 10 heteroatoms. The first-order chi connectivity index (χ1) is 16.4. The number of urea groups is 1. The Morgan fingerprint density at radius 2 is 1.88 bits per heavy atom. The summed E-state index contributed by atoms with van der Waals surface area (Å²) in [4.78, 5) is 48.4. The maximum atomic E-state index is 13.1. The van der Waals surface area contributed by atoms with Gasteiger partial charge in [-0.3, -0.25) is 24.9 Å².